The number of aromatic nitrogens is 2. The first-order chi connectivity index (χ1) is 9.08. The predicted octanol–water partition coefficient (Wildman–Crippen LogP) is 3.43. The molecule has 5 heteroatoms. The van der Waals surface area contributed by atoms with Crippen LogP contribution in [0, 0.1) is 6.92 Å². The second kappa shape index (κ2) is 5.89. The third-order valence-corrected chi connectivity index (χ3v) is 3.41. The van der Waals surface area contributed by atoms with Crippen molar-refractivity contribution in [2.24, 2.45) is 0 Å². The number of carbonyl (C=O) groups excluding carboxylic acids is 1. The molecule has 1 heterocycles. The number of hydrogen-bond acceptors (Lipinski definition) is 2. The van der Waals surface area contributed by atoms with Crippen molar-refractivity contribution in [2.45, 2.75) is 26.3 Å². The van der Waals surface area contributed by atoms with Crippen LogP contribution in [0.5, 0.6) is 0 Å². The van der Waals surface area contributed by atoms with Gasteiger partial charge in [0.15, 0.2) is 0 Å². The highest BCUT2D eigenvalue weighted by Crippen LogP contribution is 2.23. The van der Waals surface area contributed by atoms with Crippen molar-refractivity contribution in [3.8, 4) is 0 Å². The van der Waals surface area contributed by atoms with E-state index in [1.54, 1.807) is 16.9 Å². The van der Waals surface area contributed by atoms with E-state index in [2.05, 4.69) is 10.4 Å². The van der Waals surface area contributed by atoms with Crippen molar-refractivity contribution in [1.82, 2.24) is 9.78 Å². The molecule has 1 aromatic heterocycles. The third-order valence-electron chi connectivity index (χ3n) is 3.00. The number of nitrogens with one attached hydrogen (secondary N) is 1. The second-order valence-corrected chi connectivity index (χ2v) is 4.91. The van der Waals surface area contributed by atoms with Crippen LogP contribution in [0.3, 0.4) is 0 Å². The van der Waals surface area contributed by atoms with Crippen LogP contribution in [0.15, 0.2) is 36.7 Å². The molecule has 1 aromatic carbocycles. The molecule has 0 bridgehead atoms. The maximum atomic E-state index is 12.0. The van der Waals surface area contributed by atoms with Gasteiger partial charge in [0.1, 0.15) is 0 Å². The van der Waals surface area contributed by atoms with Gasteiger partial charge in [-0.25, -0.2) is 0 Å². The zero-order valence-electron chi connectivity index (χ0n) is 10.9. The highest BCUT2D eigenvalue weighted by molar-refractivity contribution is 6.31. The average Bonchev–Trinajstić information content (AvgIpc) is 2.88. The van der Waals surface area contributed by atoms with Gasteiger partial charge in [-0.3, -0.25) is 9.48 Å². The molecule has 0 aliphatic carbocycles. The molecular weight excluding hydrogens is 262 g/mol. The summed E-state index contributed by atoms with van der Waals surface area (Å²) in [6, 6.07) is 7.34. The first-order valence-electron chi connectivity index (χ1n) is 6.12. The quantitative estimate of drug-likeness (QED) is 0.931. The Balaban J connectivity index is 2.00. The lowest BCUT2D eigenvalue weighted by Gasteiger charge is -2.13. The van der Waals surface area contributed by atoms with Gasteiger partial charge in [-0.1, -0.05) is 17.7 Å². The molecule has 0 saturated carbocycles. The lowest BCUT2D eigenvalue weighted by atomic mass is 10.2. The van der Waals surface area contributed by atoms with E-state index in [1.807, 2.05) is 38.2 Å². The van der Waals surface area contributed by atoms with Gasteiger partial charge in [0, 0.05) is 29.5 Å². The Labute approximate surface area is 117 Å². The first-order valence-corrected chi connectivity index (χ1v) is 6.50. The summed E-state index contributed by atoms with van der Waals surface area (Å²) < 4.78 is 1.77. The normalized spacial score (nSPS) is 12.2. The summed E-state index contributed by atoms with van der Waals surface area (Å²) in [4.78, 5) is 12.0. The molecular formula is C14H16ClN3O. The zero-order valence-corrected chi connectivity index (χ0v) is 11.7. The Morgan fingerprint density at radius 1 is 1.47 bits per heavy atom. The minimum absolute atomic E-state index is 0.0227. The summed E-state index contributed by atoms with van der Waals surface area (Å²) in [5.74, 6) is -0.0478. The van der Waals surface area contributed by atoms with Crippen LogP contribution in [-0.2, 0) is 4.79 Å². The van der Waals surface area contributed by atoms with E-state index >= 15 is 0 Å². The zero-order chi connectivity index (χ0) is 13.8. The maximum Gasteiger partial charge on any atom is 0.226 e. The summed E-state index contributed by atoms with van der Waals surface area (Å²) in [5.41, 5.74) is 1.63. The monoisotopic (exact) mass is 277 g/mol. The van der Waals surface area contributed by atoms with Crippen LogP contribution in [0.25, 0.3) is 0 Å². The predicted molar refractivity (Wildman–Crippen MR) is 76.4 cm³/mol. The SMILES string of the molecule is Cc1c(Cl)cccc1NC(=O)CC(C)n1cccn1. The molecule has 0 aliphatic rings. The van der Waals surface area contributed by atoms with E-state index in [0.29, 0.717) is 11.4 Å². The molecule has 0 fully saturated rings. The molecule has 2 rings (SSSR count). The molecule has 0 aliphatic heterocycles. The van der Waals surface area contributed by atoms with E-state index in [4.69, 9.17) is 11.6 Å². The first kappa shape index (κ1) is 13.6. The van der Waals surface area contributed by atoms with Crippen LogP contribution >= 0.6 is 11.6 Å². The summed E-state index contributed by atoms with van der Waals surface area (Å²) in [7, 11) is 0. The lowest BCUT2D eigenvalue weighted by molar-refractivity contribution is -0.116. The second-order valence-electron chi connectivity index (χ2n) is 4.50. The smallest absolute Gasteiger partial charge is 0.226 e. The number of rotatable bonds is 4. The summed E-state index contributed by atoms with van der Waals surface area (Å²) in [6.07, 6.45) is 3.92. The van der Waals surface area contributed by atoms with Gasteiger partial charge < -0.3 is 5.32 Å². The molecule has 4 nitrogen and oxygen atoms in total. The Hall–Kier alpha value is -1.81. The van der Waals surface area contributed by atoms with Gasteiger partial charge in [0.2, 0.25) is 5.91 Å². The molecule has 1 N–H and O–H groups in total. The molecule has 1 unspecified atom stereocenters. The molecule has 0 saturated heterocycles. The van der Waals surface area contributed by atoms with E-state index in [1.165, 1.54) is 0 Å². The van der Waals surface area contributed by atoms with Gasteiger partial charge in [0.25, 0.3) is 0 Å². The van der Waals surface area contributed by atoms with Crippen molar-refractivity contribution in [3.05, 3.63) is 47.2 Å². The van der Waals surface area contributed by atoms with Gasteiger partial charge in [-0.15, -0.1) is 0 Å². The number of halogens is 1. The fourth-order valence-electron chi connectivity index (χ4n) is 1.85. The average molecular weight is 278 g/mol. The Morgan fingerprint density at radius 2 is 2.26 bits per heavy atom. The van der Waals surface area contributed by atoms with Gasteiger partial charge >= 0.3 is 0 Å². The largest absolute Gasteiger partial charge is 0.326 e. The maximum absolute atomic E-state index is 12.0. The highest BCUT2D eigenvalue weighted by atomic mass is 35.5. The molecule has 2 aromatic rings. The number of carbonyl (C=O) groups is 1. The van der Waals surface area contributed by atoms with E-state index in [0.717, 1.165) is 11.3 Å². The van der Waals surface area contributed by atoms with Gasteiger partial charge in [-0.05, 0) is 37.6 Å². The Morgan fingerprint density at radius 3 is 2.95 bits per heavy atom. The lowest BCUT2D eigenvalue weighted by Crippen LogP contribution is -2.18. The van der Waals surface area contributed by atoms with Crippen LogP contribution in [0.1, 0.15) is 24.9 Å². The number of amides is 1. The van der Waals surface area contributed by atoms with Crippen molar-refractivity contribution < 1.29 is 4.79 Å². The topological polar surface area (TPSA) is 46.9 Å². The molecule has 1 amide bonds. The van der Waals surface area contributed by atoms with Crippen molar-refractivity contribution in [1.29, 1.82) is 0 Å². The molecule has 0 spiro atoms. The third kappa shape index (κ3) is 3.35. The van der Waals surface area contributed by atoms with Crippen LogP contribution in [0.4, 0.5) is 5.69 Å². The van der Waals surface area contributed by atoms with Crippen molar-refractivity contribution in [2.75, 3.05) is 5.32 Å². The van der Waals surface area contributed by atoms with Gasteiger partial charge in [-0.2, -0.15) is 5.10 Å². The van der Waals surface area contributed by atoms with Crippen LogP contribution in [0.2, 0.25) is 5.02 Å². The summed E-state index contributed by atoms with van der Waals surface area (Å²) in [6.45, 7) is 3.84. The Kier molecular flexibility index (Phi) is 4.22. The minimum atomic E-state index is -0.0478. The number of benzene rings is 1. The highest BCUT2D eigenvalue weighted by Gasteiger charge is 2.12. The van der Waals surface area contributed by atoms with E-state index in [9.17, 15) is 4.79 Å². The van der Waals surface area contributed by atoms with E-state index in [-0.39, 0.29) is 11.9 Å². The molecule has 19 heavy (non-hydrogen) atoms. The molecule has 100 valence electrons. The van der Waals surface area contributed by atoms with Crippen molar-refractivity contribution >= 4 is 23.2 Å². The van der Waals surface area contributed by atoms with Crippen LogP contribution < -0.4 is 5.32 Å². The van der Waals surface area contributed by atoms with Gasteiger partial charge in [0.05, 0.1) is 6.04 Å². The minimum Gasteiger partial charge on any atom is -0.326 e. The van der Waals surface area contributed by atoms with Crippen LogP contribution in [-0.4, -0.2) is 15.7 Å². The number of nitrogens with zero attached hydrogens (tertiary/aromatic N) is 2. The summed E-state index contributed by atoms with van der Waals surface area (Å²) in [5, 5.41) is 7.65. The number of hydrogen-bond donors (Lipinski definition) is 1. The standard InChI is InChI=1S/C14H16ClN3O/c1-10(18-8-4-7-16-18)9-14(19)17-13-6-3-5-12(15)11(13)2/h3-8,10H,9H2,1-2H3,(H,17,19). The molecule has 1 atom stereocenters. The number of anilines is 1. The van der Waals surface area contributed by atoms with Crippen molar-refractivity contribution in [3.63, 3.8) is 0 Å². The fourth-order valence-corrected chi connectivity index (χ4v) is 2.02. The molecule has 0 radical (unpaired) electrons. The summed E-state index contributed by atoms with van der Waals surface area (Å²) >= 11 is 6.02. The fraction of sp³-hybridized carbons (Fsp3) is 0.286. The van der Waals surface area contributed by atoms with E-state index < -0.39 is 0 Å². The Bertz CT molecular complexity index is 566.